The molecule has 0 aliphatic rings. The molecule has 11 heteroatoms. The van der Waals surface area contributed by atoms with Gasteiger partial charge in [0, 0.05) is 25.8 Å². The molecule has 2 aromatic rings. The van der Waals surface area contributed by atoms with Gasteiger partial charge >= 0.3 is 6.18 Å². The Morgan fingerprint density at radius 1 is 1.03 bits per heavy atom. The maximum Gasteiger partial charge on any atom is 0.416 e. The maximum absolute atomic E-state index is 12.6. The molecule has 0 saturated heterocycles. The topological polar surface area (TPSA) is 93.7 Å². The molecule has 0 aliphatic heterocycles. The van der Waals surface area contributed by atoms with Crippen LogP contribution in [0, 0.1) is 0 Å². The van der Waals surface area contributed by atoms with Crippen LogP contribution in [-0.2, 0) is 27.4 Å². The number of nitrogens with one attached hydrogen (secondary N) is 2. The molecule has 0 saturated carbocycles. The van der Waals surface area contributed by atoms with Crippen LogP contribution < -0.4 is 14.8 Å². The van der Waals surface area contributed by atoms with Crippen molar-refractivity contribution in [3.05, 3.63) is 59.2 Å². The minimum Gasteiger partial charge on any atom is -0.495 e. The van der Waals surface area contributed by atoms with Gasteiger partial charge < -0.3 is 14.8 Å². The van der Waals surface area contributed by atoms with Crippen molar-refractivity contribution in [3.63, 3.8) is 0 Å². The first-order valence-electron chi connectivity index (χ1n) is 9.19. The third-order valence-corrected chi connectivity index (χ3v) is 5.78. The van der Waals surface area contributed by atoms with Gasteiger partial charge in [0.25, 0.3) is 5.91 Å². The Bertz CT molecular complexity index is 993. The largest absolute Gasteiger partial charge is 0.495 e. The van der Waals surface area contributed by atoms with Crippen LogP contribution in [0.4, 0.5) is 13.2 Å². The van der Waals surface area contributed by atoms with Gasteiger partial charge in [-0.3, -0.25) is 4.79 Å². The third-order valence-electron chi connectivity index (χ3n) is 4.29. The number of alkyl halides is 3. The van der Waals surface area contributed by atoms with Crippen molar-refractivity contribution in [3.8, 4) is 5.75 Å². The molecule has 2 N–H and O–H groups in total. The lowest BCUT2D eigenvalue weighted by Crippen LogP contribution is -2.29. The second-order valence-corrected chi connectivity index (χ2v) is 8.19. The zero-order chi connectivity index (χ0) is 23.1. The minimum atomic E-state index is -4.41. The standard InChI is InChI=1S/C20H23F3N2O5S/c1-29-12-11-25-31(27,28)18-13-15(5-8-17(18)30-2)19(26)24-10-9-14-3-6-16(7-4-14)20(21,22)23/h3-8,13,25H,9-12H2,1-2H3,(H,24,26). The monoisotopic (exact) mass is 460 g/mol. The Morgan fingerprint density at radius 2 is 1.71 bits per heavy atom. The molecule has 2 rings (SSSR count). The third kappa shape index (κ3) is 6.94. The Kier molecular flexibility index (Phi) is 8.43. The zero-order valence-electron chi connectivity index (χ0n) is 17.0. The Balaban J connectivity index is 2.05. The van der Waals surface area contributed by atoms with E-state index in [1.165, 1.54) is 44.6 Å². The SMILES string of the molecule is COCCNS(=O)(=O)c1cc(C(=O)NCCc2ccc(C(F)(F)F)cc2)ccc1OC. The summed E-state index contributed by atoms with van der Waals surface area (Å²) in [4.78, 5) is 12.2. The van der Waals surface area contributed by atoms with E-state index >= 15 is 0 Å². The van der Waals surface area contributed by atoms with Crippen LogP contribution in [0.5, 0.6) is 5.75 Å². The molecule has 0 atom stereocenters. The highest BCUT2D eigenvalue weighted by molar-refractivity contribution is 7.89. The zero-order valence-corrected chi connectivity index (χ0v) is 17.8. The quantitative estimate of drug-likeness (QED) is 0.532. The number of ether oxygens (including phenoxy) is 2. The Hall–Kier alpha value is -2.63. The molecule has 0 bridgehead atoms. The van der Waals surface area contributed by atoms with Crippen LogP contribution in [0.25, 0.3) is 0 Å². The van der Waals surface area contributed by atoms with E-state index in [0.717, 1.165) is 12.1 Å². The van der Waals surface area contributed by atoms with E-state index in [1.54, 1.807) is 0 Å². The maximum atomic E-state index is 12.6. The van der Waals surface area contributed by atoms with Gasteiger partial charge in [-0.15, -0.1) is 0 Å². The summed E-state index contributed by atoms with van der Waals surface area (Å²) in [5, 5.41) is 2.62. The van der Waals surface area contributed by atoms with Gasteiger partial charge in [-0.1, -0.05) is 12.1 Å². The average Bonchev–Trinajstić information content (AvgIpc) is 2.73. The number of hydrogen-bond acceptors (Lipinski definition) is 5. The van der Waals surface area contributed by atoms with Crippen molar-refractivity contribution in [2.24, 2.45) is 0 Å². The summed E-state index contributed by atoms with van der Waals surface area (Å²) in [6.45, 7) is 0.377. The fourth-order valence-corrected chi connectivity index (χ4v) is 3.87. The highest BCUT2D eigenvalue weighted by atomic mass is 32.2. The van der Waals surface area contributed by atoms with Gasteiger partial charge in [0.15, 0.2) is 0 Å². The lowest BCUT2D eigenvalue weighted by atomic mass is 10.1. The van der Waals surface area contributed by atoms with Crippen LogP contribution in [0.3, 0.4) is 0 Å². The Morgan fingerprint density at radius 3 is 2.29 bits per heavy atom. The molecule has 0 aromatic heterocycles. The predicted molar refractivity (Wildman–Crippen MR) is 108 cm³/mol. The number of hydrogen-bond donors (Lipinski definition) is 2. The minimum absolute atomic E-state index is 0.0472. The molecular formula is C20H23F3N2O5S. The van der Waals surface area contributed by atoms with Crippen LogP contribution in [0.2, 0.25) is 0 Å². The van der Waals surface area contributed by atoms with Crippen LogP contribution in [0.1, 0.15) is 21.5 Å². The van der Waals surface area contributed by atoms with Crippen molar-refractivity contribution in [2.45, 2.75) is 17.5 Å². The predicted octanol–water partition coefficient (Wildman–Crippen LogP) is 2.61. The molecule has 7 nitrogen and oxygen atoms in total. The van der Waals surface area contributed by atoms with Crippen molar-refractivity contribution < 1.29 is 35.9 Å². The van der Waals surface area contributed by atoms with Crippen LogP contribution in [-0.4, -0.2) is 48.2 Å². The lowest BCUT2D eigenvalue weighted by molar-refractivity contribution is -0.137. The molecule has 0 fully saturated rings. The van der Waals surface area contributed by atoms with Gasteiger partial charge in [0.2, 0.25) is 10.0 Å². The molecule has 31 heavy (non-hydrogen) atoms. The average molecular weight is 460 g/mol. The Labute approximate surface area is 178 Å². The number of amides is 1. The van der Waals surface area contributed by atoms with Crippen LogP contribution in [0.15, 0.2) is 47.4 Å². The van der Waals surface area contributed by atoms with E-state index in [1.807, 2.05) is 0 Å². The summed E-state index contributed by atoms with van der Waals surface area (Å²) in [5.41, 5.74) is -0.0275. The first kappa shape index (κ1) is 24.6. The lowest BCUT2D eigenvalue weighted by Gasteiger charge is -2.13. The molecule has 0 unspecified atom stereocenters. The summed E-state index contributed by atoms with van der Waals surface area (Å²) in [6, 6.07) is 8.64. The number of carbonyl (C=O) groups excluding carboxylic acids is 1. The smallest absolute Gasteiger partial charge is 0.416 e. The number of carbonyl (C=O) groups is 1. The number of benzene rings is 2. The summed E-state index contributed by atoms with van der Waals surface area (Å²) >= 11 is 0. The molecule has 170 valence electrons. The molecule has 2 aromatic carbocycles. The summed E-state index contributed by atoms with van der Waals surface area (Å²) < 4.78 is 75.1. The molecule has 0 spiro atoms. The molecule has 0 radical (unpaired) electrons. The van der Waals surface area contributed by atoms with Crippen molar-refractivity contribution >= 4 is 15.9 Å². The van der Waals surface area contributed by atoms with E-state index < -0.39 is 27.7 Å². The van der Waals surface area contributed by atoms with Crippen LogP contribution >= 0.6 is 0 Å². The second-order valence-electron chi connectivity index (χ2n) is 6.46. The number of rotatable bonds is 10. The van der Waals surface area contributed by atoms with E-state index in [4.69, 9.17) is 9.47 Å². The highest BCUT2D eigenvalue weighted by Crippen LogP contribution is 2.29. The fraction of sp³-hybridized carbons (Fsp3) is 0.350. The first-order chi connectivity index (χ1) is 14.6. The van der Waals surface area contributed by atoms with E-state index in [2.05, 4.69) is 10.0 Å². The number of halogens is 3. The summed E-state index contributed by atoms with van der Waals surface area (Å²) in [7, 11) is -1.19. The molecule has 0 aliphatic carbocycles. The van der Waals surface area contributed by atoms with E-state index in [0.29, 0.717) is 12.0 Å². The van der Waals surface area contributed by atoms with Gasteiger partial charge in [0.05, 0.1) is 19.3 Å². The van der Waals surface area contributed by atoms with Crippen molar-refractivity contribution in [2.75, 3.05) is 33.9 Å². The van der Waals surface area contributed by atoms with E-state index in [9.17, 15) is 26.4 Å². The van der Waals surface area contributed by atoms with Gasteiger partial charge in [-0.25, -0.2) is 13.1 Å². The van der Waals surface area contributed by atoms with Gasteiger partial charge in [-0.05, 0) is 42.3 Å². The van der Waals surface area contributed by atoms with Gasteiger partial charge in [-0.2, -0.15) is 13.2 Å². The number of sulfonamides is 1. The summed E-state index contributed by atoms with van der Waals surface area (Å²) in [5.74, 6) is -0.450. The van der Waals surface area contributed by atoms with Crippen molar-refractivity contribution in [1.82, 2.24) is 10.0 Å². The normalized spacial score (nSPS) is 11.9. The fourth-order valence-electron chi connectivity index (χ4n) is 2.67. The second kappa shape index (κ2) is 10.6. The van der Waals surface area contributed by atoms with Crippen molar-refractivity contribution in [1.29, 1.82) is 0 Å². The van der Waals surface area contributed by atoms with E-state index in [-0.39, 0.29) is 35.9 Å². The highest BCUT2D eigenvalue weighted by Gasteiger charge is 2.29. The van der Waals surface area contributed by atoms with Gasteiger partial charge in [0.1, 0.15) is 10.6 Å². The molecular weight excluding hydrogens is 437 g/mol. The summed E-state index contributed by atoms with van der Waals surface area (Å²) in [6.07, 6.45) is -4.10. The first-order valence-corrected chi connectivity index (χ1v) is 10.7. The number of methoxy groups -OCH3 is 2. The molecule has 1 amide bonds. The molecule has 0 heterocycles.